The summed E-state index contributed by atoms with van der Waals surface area (Å²) in [7, 11) is 1.58. The largest absolute Gasteiger partial charge is 0.338 e. The summed E-state index contributed by atoms with van der Waals surface area (Å²) in [6.07, 6.45) is -0.824. The molecule has 0 bridgehead atoms. The van der Waals surface area contributed by atoms with Gasteiger partial charge in [0.2, 0.25) is 5.91 Å². The highest BCUT2D eigenvalue weighted by Gasteiger charge is 2.55. The lowest BCUT2D eigenvalue weighted by Crippen LogP contribution is -2.49. The minimum atomic E-state index is -3.59. The standard InChI is InChI=1S/C18H24F2N2O2/c1-6-22(7-2)16(24)18(19,20)11-17(4)13-10-12(3)8-9-14(13)21(5)15(17)23/h8-10H,6-7,11H2,1-5H3. The van der Waals surface area contributed by atoms with Gasteiger partial charge >= 0.3 is 5.92 Å². The molecule has 0 radical (unpaired) electrons. The van der Waals surface area contributed by atoms with Gasteiger partial charge in [-0.15, -0.1) is 0 Å². The molecule has 1 aromatic carbocycles. The average molecular weight is 338 g/mol. The lowest BCUT2D eigenvalue weighted by molar-refractivity contribution is -0.160. The Hall–Kier alpha value is -1.98. The second-order valence-electron chi connectivity index (χ2n) is 6.58. The molecule has 1 aliphatic heterocycles. The molecule has 1 atom stereocenters. The van der Waals surface area contributed by atoms with Crippen LogP contribution in [0.3, 0.4) is 0 Å². The number of anilines is 1. The van der Waals surface area contributed by atoms with Crippen LogP contribution in [-0.2, 0) is 15.0 Å². The van der Waals surface area contributed by atoms with Crippen molar-refractivity contribution in [3.63, 3.8) is 0 Å². The van der Waals surface area contributed by atoms with Crippen molar-refractivity contribution in [2.75, 3.05) is 25.0 Å². The molecule has 0 fully saturated rings. The molecule has 0 N–H and O–H groups in total. The highest BCUT2D eigenvalue weighted by molar-refractivity contribution is 6.08. The Morgan fingerprint density at radius 3 is 2.42 bits per heavy atom. The highest BCUT2D eigenvalue weighted by atomic mass is 19.3. The van der Waals surface area contributed by atoms with E-state index in [9.17, 15) is 18.4 Å². The van der Waals surface area contributed by atoms with Gasteiger partial charge in [-0.2, -0.15) is 8.78 Å². The molecule has 1 aliphatic rings. The second kappa shape index (κ2) is 6.15. The summed E-state index contributed by atoms with van der Waals surface area (Å²) < 4.78 is 29.3. The van der Waals surface area contributed by atoms with Crippen molar-refractivity contribution in [1.29, 1.82) is 0 Å². The first-order valence-electron chi connectivity index (χ1n) is 8.15. The fourth-order valence-electron chi connectivity index (χ4n) is 3.41. The quantitative estimate of drug-likeness (QED) is 0.828. The number of alkyl halides is 2. The molecule has 2 rings (SSSR count). The predicted octanol–water partition coefficient (Wildman–Crippen LogP) is 3.12. The van der Waals surface area contributed by atoms with Crippen LogP contribution in [0.25, 0.3) is 0 Å². The van der Waals surface area contributed by atoms with Gasteiger partial charge in [0, 0.05) is 32.2 Å². The second-order valence-corrected chi connectivity index (χ2v) is 6.58. The van der Waals surface area contributed by atoms with Gasteiger partial charge in [-0.05, 0) is 39.3 Å². The number of likely N-dealkylation sites (N-methyl/N-ethyl adjacent to an activating group) is 1. The van der Waals surface area contributed by atoms with E-state index in [1.807, 2.05) is 13.0 Å². The number of rotatable bonds is 5. The molecule has 0 aliphatic carbocycles. The summed E-state index contributed by atoms with van der Waals surface area (Å²) >= 11 is 0. The lowest BCUT2D eigenvalue weighted by Gasteiger charge is -2.31. The van der Waals surface area contributed by atoms with E-state index in [1.54, 1.807) is 33.0 Å². The summed E-state index contributed by atoms with van der Waals surface area (Å²) in [6.45, 7) is 7.10. The maximum absolute atomic E-state index is 14.7. The number of carbonyl (C=O) groups is 2. The summed E-state index contributed by atoms with van der Waals surface area (Å²) in [4.78, 5) is 27.3. The molecule has 2 amide bonds. The van der Waals surface area contributed by atoms with Crippen LogP contribution >= 0.6 is 0 Å². The average Bonchev–Trinajstić information content (AvgIpc) is 2.69. The van der Waals surface area contributed by atoms with Gasteiger partial charge in [-0.3, -0.25) is 9.59 Å². The third-order valence-corrected chi connectivity index (χ3v) is 4.82. The Labute approximate surface area is 141 Å². The van der Waals surface area contributed by atoms with Gasteiger partial charge in [-0.25, -0.2) is 0 Å². The van der Waals surface area contributed by atoms with Gasteiger partial charge in [-0.1, -0.05) is 17.7 Å². The molecule has 132 valence electrons. The zero-order valence-electron chi connectivity index (χ0n) is 14.8. The maximum atomic E-state index is 14.7. The Balaban J connectivity index is 2.43. The zero-order chi connectivity index (χ0) is 18.3. The van der Waals surface area contributed by atoms with Crippen molar-refractivity contribution in [2.24, 2.45) is 0 Å². The molecule has 1 heterocycles. The molecule has 0 spiro atoms. The number of carbonyl (C=O) groups excluding carboxylic acids is 2. The van der Waals surface area contributed by atoms with Gasteiger partial charge in [0.05, 0.1) is 5.41 Å². The van der Waals surface area contributed by atoms with Crippen LogP contribution in [0.1, 0.15) is 38.3 Å². The molecule has 1 aromatic rings. The summed E-state index contributed by atoms with van der Waals surface area (Å²) in [5.74, 6) is -5.22. The van der Waals surface area contributed by atoms with Crippen molar-refractivity contribution in [3.05, 3.63) is 29.3 Å². The first-order valence-corrected chi connectivity index (χ1v) is 8.15. The van der Waals surface area contributed by atoms with E-state index < -0.39 is 29.6 Å². The molecule has 1 unspecified atom stereocenters. The number of amides is 2. The number of hydrogen-bond acceptors (Lipinski definition) is 2. The van der Waals surface area contributed by atoms with Crippen LogP contribution in [0.5, 0.6) is 0 Å². The van der Waals surface area contributed by atoms with Gasteiger partial charge < -0.3 is 9.80 Å². The van der Waals surface area contributed by atoms with Crippen LogP contribution < -0.4 is 4.90 Å². The Kier molecular flexibility index (Phi) is 4.70. The fourth-order valence-corrected chi connectivity index (χ4v) is 3.41. The number of halogens is 2. The number of aryl methyl sites for hydroxylation is 1. The topological polar surface area (TPSA) is 40.6 Å². The predicted molar refractivity (Wildman–Crippen MR) is 89.4 cm³/mol. The van der Waals surface area contributed by atoms with Crippen molar-refractivity contribution in [2.45, 2.75) is 45.5 Å². The van der Waals surface area contributed by atoms with E-state index >= 15 is 0 Å². The monoisotopic (exact) mass is 338 g/mol. The van der Waals surface area contributed by atoms with E-state index in [2.05, 4.69) is 0 Å². The maximum Gasteiger partial charge on any atom is 0.326 e. The number of fused-ring (bicyclic) bond motifs is 1. The smallest absolute Gasteiger partial charge is 0.326 e. The van der Waals surface area contributed by atoms with E-state index in [1.165, 1.54) is 11.8 Å². The molecular weight excluding hydrogens is 314 g/mol. The van der Waals surface area contributed by atoms with Crippen molar-refractivity contribution in [1.82, 2.24) is 4.90 Å². The normalized spacial score (nSPS) is 20.3. The third-order valence-electron chi connectivity index (χ3n) is 4.82. The van der Waals surface area contributed by atoms with Crippen LogP contribution in [-0.4, -0.2) is 42.8 Å². The summed E-state index contributed by atoms with van der Waals surface area (Å²) in [5.41, 5.74) is 0.658. The minimum Gasteiger partial charge on any atom is -0.338 e. The Morgan fingerprint density at radius 1 is 1.29 bits per heavy atom. The fraction of sp³-hybridized carbons (Fsp3) is 0.556. The summed E-state index contributed by atoms with van der Waals surface area (Å²) in [6, 6.07) is 5.36. The van der Waals surface area contributed by atoms with Crippen LogP contribution in [0.15, 0.2) is 18.2 Å². The molecule has 0 saturated carbocycles. The SMILES string of the molecule is CCN(CC)C(=O)C(F)(F)CC1(C)C(=O)N(C)c2ccc(C)cc21. The van der Waals surface area contributed by atoms with Crippen LogP contribution in [0.2, 0.25) is 0 Å². The zero-order valence-corrected chi connectivity index (χ0v) is 14.8. The first-order chi connectivity index (χ1) is 11.1. The molecule has 0 aromatic heterocycles. The molecular formula is C18H24F2N2O2. The number of hydrogen-bond donors (Lipinski definition) is 0. The Bertz CT molecular complexity index is 671. The Morgan fingerprint density at radius 2 is 1.88 bits per heavy atom. The summed E-state index contributed by atoms with van der Waals surface area (Å²) in [5, 5.41) is 0. The highest BCUT2D eigenvalue weighted by Crippen LogP contribution is 2.47. The van der Waals surface area contributed by atoms with Crippen molar-refractivity contribution >= 4 is 17.5 Å². The molecule has 4 nitrogen and oxygen atoms in total. The number of benzene rings is 1. The lowest BCUT2D eigenvalue weighted by atomic mass is 9.78. The third kappa shape index (κ3) is 2.78. The van der Waals surface area contributed by atoms with E-state index in [0.717, 1.165) is 10.5 Å². The van der Waals surface area contributed by atoms with Gasteiger partial charge in [0.25, 0.3) is 5.91 Å². The number of nitrogens with zero attached hydrogens (tertiary/aromatic N) is 2. The molecule has 24 heavy (non-hydrogen) atoms. The van der Waals surface area contributed by atoms with Crippen molar-refractivity contribution in [3.8, 4) is 0 Å². The van der Waals surface area contributed by atoms with E-state index in [4.69, 9.17) is 0 Å². The van der Waals surface area contributed by atoms with E-state index in [0.29, 0.717) is 11.3 Å². The minimum absolute atomic E-state index is 0.213. The van der Waals surface area contributed by atoms with E-state index in [-0.39, 0.29) is 13.1 Å². The van der Waals surface area contributed by atoms with Crippen LogP contribution in [0.4, 0.5) is 14.5 Å². The van der Waals surface area contributed by atoms with Gasteiger partial charge in [0.15, 0.2) is 0 Å². The van der Waals surface area contributed by atoms with Crippen LogP contribution in [0, 0.1) is 6.92 Å². The molecule has 0 saturated heterocycles. The molecule has 6 heteroatoms. The van der Waals surface area contributed by atoms with Crippen molar-refractivity contribution < 1.29 is 18.4 Å². The van der Waals surface area contributed by atoms with Gasteiger partial charge in [0.1, 0.15) is 0 Å². The first kappa shape index (κ1) is 18.4.